The van der Waals surface area contributed by atoms with Crippen molar-refractivity contribution in [2.75, 3.05) is 16.8 Å². The lowest BCUT2D eigenvalue weighted by Gasteiger charge is -2.17. The molecule has 4 rings (SSSR count). The summed E-state index contributed by atoms with van der Waals surface area (Å²) in [6.45, 7) is 2.51. The maximum absolute atomic E-state index is 12.8. The number of nitrogens with two attached hydrogens (primary N) is 1. The molecule has 1 unspecified atom stereocenters. The molecule has 1 aliphatic heterocycles. The van der Waals surface area contributed by atoms with Gasteiger partial charge >= 0.3 is 0 Å². The van der Waals surface area contributed by atoms with Crippen LogP contribution in [-0.4, -0.2) is 34.2 Å². The van der Waals surface area contributed by atoms with Gasteiger partial charge in [0.1, 0.15) is 5.69 Å². The Bertz CT molecular complexity index is 1130. The average molecular weight is 452 g/mol. The zero-order chi connectivity index (χ0) is 22.7. The molecule has 0 aliphatic carbocycles. The topological polar surface area (TPSA) is 121 Å². The van der Waals surface area contributed by atoms with Crippen LogP contribution in [0.2, 0.25) is 0 Å². The fourth-order valence-corrected chi connectivity index (χ4v) is 4.43. The summed E-state index contributed by atoms with van der Waals surface area (Å²) >= 11 is 1.28. The molecule has 3 aromatic rings. The van der Waals surface area contributed by atoms with Gasteiger partial charge in [-0.25, -0.2) is 4.98 Å². The van der Waals surface area contributed by atoms with Crippen molar-refractivity contribution in [3.8, 4) is 11.3 Å². The van der Waals surface area contributed by atoms with Gasteiger partial charge in [0.25, 0.3) is 5.91 Å². The van der Waals surface area contributed by atoms with Crippen molar-refractivity contribution in [2.24, 2.45) is 11.7 Å². The standard InChI is InChI=1S/C23H25N5O3S/c1-2-3-4-14-5-7-17(8-6-14)28-12-16(10-20(28)29)22(31)27-23-26-19(13-32-23)15-9-18(21(24)30)25-11-15/h5-9,11,13,16,25H,2-4,10,12H2,1H3,(H2,24,30)(H,26,27,31). The number of aryl methyl sites for hydroxylation is 1. The highest BCUT2D eigenvalue weighted by molar-refractivity contribution is 7.14. The minimum Gasteiger partial charge on any atom is -0.364 e. The Kier molecular flexibility index (Phi) is 6.36. The van der Waals surface area contributed by atoms with E-state index in [0.29, 0.717) is 28.6 Å². The smallest absolute Gasteiger partial charge is 0.265 e. The minimum absolute atomic E-state index is 0.0578. The van der Waals surface area contributed by atoms with Crippen molar-refractivity contribution in [1.29, 1.82) is 0 Å². The summed E-state index contributed by atoms with van der Waals surface area (Å²) < 4.78 is 0. The summed E-state index contributed by atoms with van der Waals surface area (Å²) in [5.74, 6) is -1.28. The third-order valence-corrected chi connectivity index (χ3v) is 6.30. The molecule has 3 heterocycles. The summed E-state index contributed by atoms with van der Waals surface area (Å²) in [6, 6.07) is 9.62. The van der Waals surface area contributed by atoms with E-state index < -0.39 is 11.8 Å². The number of aromatic amines is 1. The van der Waals surface area contributed by atoms with Crippen molar-refractivity contribution < 1.29 is 14.4 Å². The van der Waals surface area contributed by atoms with E-state index in [2.05, 4.69) is 22.2 Å². The number of primary amides is 1. The quantitative estimate of drug-likeness (QED) is 0.485. The first kappa shape index (κ1) is 21.8. The number of unbranched alkanes of at least 4 members (excludes halogenated alkanes) is 1. The van der Waals surface area contributed by atoms with Gasteiger partial charge in [0.15, 0.2) is 5.13 Å². The zero-order valence-corrected chi connectivity index (χ0v) is 18.6. The van der Waals surface area contributed by atoms with Crippen molar-refractivity contribution in [2.45, 2.75) is 32.6 Å². The van der Waals surface area contributed by atoms with Crippen LogP contribution in [0.25, 0.3) is 11.3 Å². The van der Waals surface area contributed by atoms with E-state index in [9.17, 15) is 14.4 Å². The van der Waals surface area contributed by atoms with Crippen LogP contribution in [0.1, 0.15) is 42.2 Å². The lowest BCUT2D eigenvalue weighted by molar-refractivity contribution is -0.122. The van der Waals surface area contributed by atoms with Crippen LogP contribution in [0.3, 0.4) is 0 Å². The van der Waals surface area contributed by atoms with E-state index in [4.69, 9.17) is 5.73 Å². The molecular weight excluding hydrogens is 426 g/mol. The number of H-pyrrole nitrogens is 1. The van der Waals surface area contributed by atoms with Crippen LogP contribution >= 0.6 is 11.3 Å². The van der Waals surface area contributed by atoms with Gasteiger partial charge in [0.2, 0.25) is 11.8 Å². The van der Waals surface area contributed by atoms with Gasteiger partial charge < -0.3 is 20.9 Å². The molecule has 32 heavy (non-hydrogen) atoms. The number of nitrogens with zero attached hydrogens (tertiary/aromatic N) is 2. The van der Waals surface area contributed by atoms with E-state index in [1.54, 1.807) is 22.5 Å². The summed E-state index contributed by atoms with van der Waals surface area (Å²) in [4.78, 5) is 45.4. The van der Waals surface area contributed by atoms with Crippen molar-refractivity contribution in [1.82, 2.24) is 9.97 Å². The predicted molar refractivity (Wildman–Crippen MR) is 125 cm³/mol. The van der Waals surface area contributed by atoms with E-state index in [-0.39, 0.29) is 18.2 Å². The molecule has 1 atom stereocenters. The Balaban J connectivity index is 1.38. The molecule has 0 saturated carbocycles. The Hall–Kier alpha value is -3.46. The highest BCUT2D eigenvalue weighted by Gasteiger charge is 2.35. The van der Waals surface area contributed by atoms with Gasteiger partial charge in [-0.2, -0.15) is 0 Å². The van der Waals surface area contributed by atoms with Crippen LogP contribution in [-0.2, 0) is 16.0 Å². The van der Waals surface area contributed by atoms with Crippen LogP contribution in [0, 0.1) is 5.92 Å². The maximum Gasteiger partial charge on any atom is 0.265 e. The molecule has 1 aromatic carbocycles. The van der Waals surface area contributed by atoms with Crippen molar-refractivity contribution in [3.05, 3.63) is 53.2 Å². The molecule has 2 aromatic heterocycles. The third kappa shape index (κ3) is 4.72. The number of carbonyl (C=O) groups is 3. The Morgan fingerprint density at radius 1 is 1.31 bits per heavy atom. The van der Waals surface area contributed by atoms with Crippen LogP contribution < -0.4 is 16.0 Å². The SMILES string of the molecule is CCCCc1ccc(N2CC(C(=O)Nc3nc(-c4c[nH]c(C(N)=O)c4)cs3)CC2=O)cc1. The molecule has 4 N–H and O–H groups in total. The first-order valence-corrected chi connectivity index (χ1v) is 11.5. The second kappa shape index (κ2) is 9.35. The maximum atomic E-state index is 12.8. The molecule has 1 fully saturated rings. The number of benzene rings is 1. The van der Waals surface area contributed by atoms with Gasteiger partial charge in [-0.15, -0.1) is 11.3 Å². The molecule has 8 nitrogen and oxygen atoms in total. The van der Waals surface area contributed by atoms with Crippen molar-refractivity contribution in [3.63, 3.8) is 0 Å². The number of anilines is 2. The molecule has 9 heteroatoms. The highest BCUT2D eigenvalue weighted by Crippen LogP contribution is 2.29. The lowest BCUT2D eigenvalue weighted by atomic mass is 10.1. The summed E-state index contributed by atoms with van der Waals surface area (Å²) in [6.07, 6.45) is 5.11. The van der Waals surface area contributed by atoms with Gasteiger partial charge in [0, 0.05) is 35.8 Å². The highest BCUT2D eigenvalue weighted by atomic mass is 32.1. The number of hydrogen-bond acceptors (Lipinski definition) is 5. The normalized spacial score (nSPS) is 15.8. The van der Waals surface area contributed by atoms with Gasteiger partial charge in [-0.1, -0.05) is 25.5 Å². The van der Waals surface area contributed by atoms with Gasteiger partial charge in [0.05, 0.1) is 11.6 Å². The van der Waals surface area contributed by atoms with Crippen molar-refractivity contribution >= 4 is 39.9 Å². The van der Waals surface area contributed by atoms with E-state index in [1.165, 1.54) is 16.9 Å². The first-order valence-electron chi connectivity index (χ1n) is 10.6. The Morgan fingerprint density at radius 3 is 2.78 bits per heavy atom. The Morgan fingerprint density at radius 2 is 2.09 bits per heavy atom. The fraction of sp³-hybridized carbons (Fsp3) is 0.304. The molecule has 0 radical (unpaired) electrons. The number of hydrogen-bond donors (Lipinski definition) is 3. The summed E-state index contributed by atoms with van der Waals surface area (Å²) in [5, 5.41) is 5.05. The largest absolute Gasteiger partial charge is 0.364 e. The second-order valence-corrected chi connectivity index (χ2v) is 8.73. The minimum atomic E-state index is -0.550. The third-order valence-electron chi connectivity index (χ3n) is 5.54. The number of aromatic nitrogens is 2. The molecule has 166 valence electrons. The van der Waals surface area contributed by atoms with E-state index in [0.717, 1.165) is 24.9 Å². The number of carbonyl (C=O) groups excluding carboxylic acids is 3. The molecule has 3 amide bonds. The zero-order valence-electron chi connectivity index (χ0n) is 17.8. The predicted octanol–water partition coefficient (Wildman–Crippen LogP) is 3.57. The van der Waals surface area contributed by atoms with Gasteiger partial charge in [-0.05, 0) is 36.6 Å². The number of thiazole rings is 1. The van der Waals surface area contributed by atoms with E-state index >= 15 is 0 Å². The number of rotatable bonds is 8. The monoisotopic (exact) mass is 451 g/mol. The molecule has 1 aliphatic rings. The van der Waals surface area contributed by atoms with Crippen LogP contribution in [0.4, 0.5) is 10.8 Å². The van der Waals surface area contributed by atoms with Gasteiger partial charge in [-0.3, -0.25) is 14.4 Å². The number of amides is 3. The summed E-state index contributed by atoms with van der Waals surface area (Å²) in [5.41, 5.74) is 8.96. The fourth-order valence-electron chi connectivity index (χ4n) is 3.71. The first-order chi connectivity index (χ1) is 15.4. The molecule has 0 bridgehead atoms. The molecule has 0 spiro atoms. The second-order valence-electron chi connectivity index (χ2n) is 7.87. The van der Waals surface area contributed by atoms with Crippen LogP contribution in [0.15, 0.2) is 41.9 Å². The van der Waals surface area contributed by atoms with Crippen LogP contribution in [0.5, 0.6) is 0 Å². The molecular formula is C23H25N5O3S. The number of nitrogens with one attached hydrogen (secondary N) is 2. The average Bonchev–Trinajstić information content (AvgIpc) is 3.52. The van der Waals surface area contributed by atoms with E-state index in [1.807, 2.05) is 24.3 Å². The molecule has 1 saturated heterocycles. The summed E-state index contributed by atoms with van der Waals surface area (Å²) in [7, 11) is 0. The Labute approximate surface area is 189 Å². The lowest BCUT2D eigenvalue weighted by Crippen LogP contribution is -2.28.